The molecule has 0 fully saturated rings. The Morgan fingerprint density at radius 1 is 1.42 bits per heavy atom. The Morgan fingerprint density at radius 3 is 2.79 bits per heavy atom. The molecule has 0 spiro atoms. The standard InChI is InChI=1S/C13H16FIN4/c1-8(2)19-13(17-7-18-19)6-12(16)10-4-3-9(14)5-11(10)15/h3-5,7-8,12H,6,16H2,1-2H3. The van der Waals surface area contributed by atoms with Gasteiger partial charge < -0.3 is 5.73 Å². The lowest BCUT2D eigenvalue weighted by Crippen LogP contribution is -2.19. The Morgan fingerprint density at radius 2 is 2.16 bits per heavy atom. The topological polar surface area (TPSA) is 56.7 Å². The van der Waals surface area contributed by atoms with Gasteiger partial charge in [-0.25, -0.2) is 14.1 Å². The van der Waals surface area contributed by atoms with Crippen molar-refractivity contribution < 1.29 is 4.39 Å². The van der Waals surface area contributed by atoms with Crippen molar-refractivity contribution in [2.45, 2.75) is 32.4 Å². The molecule has 6 heteroatoms. The lowest BCUT2D eigenvalue weighted by Gasteiger charge is -2.15. The van der Waals surface area contributed by atoms with Gasteiger partial charge >= 0.3 is 0 Å². The number of hydrogen-bond donors (Lipinski definition) is 1. The van der Waals surface area contributed by atoms with Crippen LogP contribution in [0.3, 0.4) is 0 Å². The summed E-state index contributed by atoms with van der Waals surface area (Å²) >= 11 is 2.10. The fraction of sp³-hybridized carbons (Fsp3) is 0.385. The van der Waals surface area contributed by atoms with Gasteiger partial charge in [-0.2, -0.15) is 5.10 Å². The molecule has 1 aromatic heterocycles. The summed E-state index contributed by atoms with van der Waals surface area (Å²) in [7, 11) is 0. The molecular weight excluding hydrogens is 358 g/mol. The maximum atomic E-state index is 13.1. The van der Waals surface area contributed by atoms with Crippen LogP contribution in [0.2, 0.25) is 0 Å². The highest BCUT2D eigenvalue weighted by Crippen LogP contribution is 2.22. The van der Waals surface area contributed by atoms with Crippen molar-refractivity contribution in [3.63, 3.8) is 0 Å². The van der Waals surface area contributed by atoms with Crippen LogP contribution in [-0.4, -0.2) is 14.8 Å². The molecule has 1 unspecified atom stereocenters. The third kappa shape index (κ3) is 3.30. The van der Waals surface area contributed by atoms with Gasteiger partial charge in [0, 0.05) is 22.1 Å². The summed E-state index contributed by atoms with van der Waals surface area (Å²) in [5.74, 6) is 0.605. The summed E-state index contributed by atoms with van der Waals surface area (Å²) in [6.07, 6.45) is 2.12. The van der Waals surface area contributed by atoms with Crippen molar-refractivity contribution in [2.24, 2.45) is 5.73 Å². The average Bonchev–Trinajstić information content (AvgIpc) is 2.76. The van der Waals surface area contributed by atoms with Crippen LogP contribution in [0.4, 0.5) is 4.39 Å². The molecular formula is C13H16FIN4. The van der Waals surface area contributed by atoms with Crippen LogP contribution in [0.1, 0.15) is 37.3 Å². The Hall–Kier alpha value is -1.02. The quantitative estimate of drug-likeness (QED) is 0.838. The first kappa shape index (κ1) is 14.4. The van der Waals surface area contributed by atoms with Gasteiger partial charge in [0.2, 0.25) is 0 Å². The van der Waals surface area contributed by atoms with Crippen LogP contribution >= 0.6 is 22.6 Å². The molecule has 0 radical (unpaired) electrons. The number of hydrogen-bond acceptors (Lipinski definition) is 3. The normalized spacial score (nSPS) is 12.9. The molecule has 0 aliphatic heterocycles. The molecule has 0 bridgehead atoms. The van der Waals surface area contributed by atoms with E-state index in [4.69, 9.17) is 5.73 Å². The fourth-order valence-electron chi connectivity index (χ4n) is 1.96. The number of nitrogens with zero attached hydrogens (tertiary/aromatic N) is 3. The summed E-state index contributed by atoms with van der Waals surface area (Å²) < 4.78 is 15.8. The SMILES string of the molecule is CC(C)n1ncnc1CC(N)c1ccc(F)cc1I. The van der Waals surface area contributed by atoms with Gasteiger partial charge in [-0.3, -0.25) is 0 Å². The molecule has 19 heavy (non-hydrogen) atoms. The van der Waals surface area contributed by atoms with E-state index in [1.165, 1.54) is 18.5 Å². The molecule has 2 rings (SSSR count). The van der Waals surface area contributed by atoms with Crippen LogP contribution < -0.4 is 5.73 Å². The summed E-state index contributed by atoms with van der Waals surface area (Å²) in [6, 6.07) is 4.69. The molecule has 0 saturated heterocycles. The van der Waals surface area contributed by atoms with E-state index in [2.05, 4.69) is 32.7 Å². The van der Waals surface area contributed by atoms with E-state index in [1.54, 1.807) is 6.07 Å². The van der Waals surface area contributed by atoms with Crippen molar-refractivity contribution in [1.82, 2.24) is 14.8 Å². The Bertz CT molecular complexity index is 568. The van der Waals surface area contributed by atoms with Crippen LogP contribution in [0.5, 0.6) is 0 Å². The minimum absolute atomic E-state index is 0.214. The highest BCUT2D eigenvalue weighted by atomic mass is 127. The van der Waals surface area contributed by atoms with Gasteiger partial charge in [-0.1, -0.05) is 6.07 Å². The minimum atomic E-state index is -0.245. The third-order valence-corrected chi connectivity index (χ3v) is 3.84. The van der Waals surface area contributed by atoms with E-state index in [9.17, 15) is 4.39 Å². The summed E-state index contributed by atoms with van der Waals surface area (Å²) in [5, 5.41) is 4.19. The van der Waals surface area contributed by atoms with Crippen molar-refractivity contribution in [1.29, 1.82) is 0 Å². The van der Waals surface area contributed by atoms with E-state index < -0.39 is 0 Å². The largest absolute Gasteiger partial charge is 0.324 e. The van der Waals surface area contributed by atoms with Gasteiger partial charge in [0.25, 0.3) is 0 Å². The van der Waals surface area contributed by atoms with Gasteiger partial charge in [0.05, 0.1) is 0 Å². The van der Waals surface area contributed by atoms with Crippen molar-refractivity contribution in [2.75, 3.05) is 0 Å². The zero-order valence-electron chi connectivity index (χ0n) is 10.8. The highest BCUT2D eigenvalue weighted by Gasteiger charge is 2.16. The molecule has 102 valence electrons. The maximum Gasteiger partial charge on any atom is 0.138 e. The van der Waals surface area contributed by atoms with Gasteiger partial charge in [-0.05, 0) is 54.1 Å². The number of benzene rings is 1. The molecule has 0 saturated carbocycles. The van der Waals surface area contributed by atoms with Crippen LogP contribution in [0.25, 0.3) is 0 Å². The van der Waals surface area contributed by atoms with Crippen molar-refractivity contribution >= 4 is 22.6 Å². The maximum absolute atomic E-state index is 13.1. The van der Waals surface area contributed by atoms with Gasteiger partial charge in [-0.15, -0.1) is 0 Å². The molecule has 0 aliphatic carbocycles. The predicted molar refractivity (Wildman–Crippen MR) is 80.2 cm³/mol. The van der Waals surface area contributed by atoms with Gasteiger partial charge in [0.1, 0.15) is 18.0 Å². The zero-order chi connectivity index (χ0) is 14.0. The first-order valence-corrected chi connectivity index (χ1v) is 7.16. The molecule has 2 N–H and O–H groups in total. The van der Waals surface area contributed by atoms with Crippen LogP contribution in [-0.2, 0) is 6.42 Å². The predicted octanol–water partition coefficient (Wildman–Crippen LogP) is 2.85. The molecule has 0 amide bonds. The molecule has 2 aromatic rings. The minimum Gasteiger partial charge on any atom is -0.324 e. The molecule has 1 atom stereocenters. The van der Waals surface area contributed by atoms with Gasteiger partial charge in [0.15, 0.2) is 0 Å². The van der Waals surface area contributed by atoms with E-state index in [0.29, 0.717) is 6.42 Å². The van der Waals surface area contributed by atoms with E-state index in [1.807, 2.05) is 18.5 Å². The first-order valence-electron chi connectivity index (χ1n) is 6.08. The van der Waals surface area contributed by atoms with E-state index in [0.717, 1.165) is 15.0 Å². The Kier molecular flexibility index (Phi) is 4.51. The highest BCUT2D eigenvalue weighted by molar-refractivity contribution is 14.1. The molecule has 1 heterocycles. The second-order valence-corrected chi connectivity index (χ2v) is 5.85. The molecule has 1 aromatic carbocycles. The Balaban J connectivity index is 2.21. The average molecular weight is 374 g/mol. The number of nitrogens with two attached hydrogens (primary N) is 1. The van der Waals surface area contributed by atoms with Crippen molar-refractivity contribution in [3.05, 3.63) is 45.3 Å². The monoisotopic (exact) mass is 374 g/mol. The second kappa shape index (κ2) is 5.96. The van der Waals surface area contributed by atoms with E-state index in [-0.39, 0.29) is 17.9 Å². The lowest BCUT2D eigenvalue weighted by molar-refractivity contribution is 0.493. The van der Waals surface area contributed by atoms with E-state index >= 15 is 0 Å². The summed E-state index contributed by atoms with van der Waals surface area (Å²) in [5.41, 5.74) is 7.13. The number of halogens is 2. The third-order valence-electron chi connectivity index (χ3n) is 2.90. The van der Waals surface area contributed by atoms with Crippen molar-refractivity contribution in [3.8, 4) is 0 Å². The zero-order valence-corrected chi connectivity index (χ0v) is 13.0. The smallest absolute Gasteiger partial charge is 0.138 e. The molecule has 0 aliphatic rings. The first-order chi connectivity index (χ1) is 8.99. The molecule has 4 nitrogen and oxygen atoms in total. The summed E-state index contributed by atoms with van der Waals surface area (Å²) in [4.78, 5) is 4.25. The summed E-state index contributed by atoms with van der Waals surface area (Å²) in [6.45, 7) is 4.09. The second-order valence-electron chi connectivity index (χ2n) is 4.69. The fourth-order valence-corrected chi connectivity index (χ4v) is 2.84. The lowest BCUT2D eigenvalue weighted by atomic mass is 10.0. The van der Waals surface area contributed by atoms with Crippen LogP contribution in [0.15, 0.2) is 24.5 Å². The number of rotatable bonds is 4. The Labute approximate surface area is 125 Å². The number of aromatic nitrogens is 3. The van der Waals surface area contributed by atoms with Crippen LogP contribution in [0, 0.1) is 9.39 Å².